The number of aromatic nitrogens is 4. The van der Waals surface area contributed by atoms with Crippen molar-refractivity contribution in [3.63, 3.8) is 0 Å². The van der Waals surface area contributed by atoms with Crippen LogP contribution in [0.5, 0.6) is 0 Å². The Morgan fingerprint density at radius 3 is 1.91 bits per heavy atom. The van der Waals surface area contributed by atoms with Crippen LogP contribution in [-0.2, 0) is 7.05 Å². The van der Waals surface area contributed by atoms with E-state index in [1.165, 1.54) is 60.8 Å². The van der Waals surface area contributed by atoms with Crippen molar-refractivity contribution in [1.29, 1.82) is 0 Å². The summed E-state index contributed by atoms with van der Waals surface area (Å²) in [6, 6.07) is 61.6. The monoisotopic (exact) mass is 676 g/mol. The molecule has 248 valence electrons. The van der Waals surface area contributed by atoms with E-state index < -0.39 is 0 Å². The molecule has 0 saturated heterocycles. The fraction of sp³-hybridized carbons (Fsp3) is 0.0204. The highest BCUT2D eigenvalue weighted by molar-refractivity contribution is 6.15. The van der Waals surface area contributed by atoms with Crippen LogP contribution >= 0.6 is 0 Å². The van der Waals surface area contributed by atoms with E-state index in [0.29, 0.717) is 0 Å². The molecule has 0 amide bonds. The number of pyridine rings is 1. The van der Waals surface area contributed by atoms with E-state index in [2.05, 4.69) is 191 Å². The summed E-state index contributed by atoms with van der Waals surface area (Å²) in [7, 11) is 2.06. The molecule has 1 aliphatic rings. The lowest BCUT2D eigenvalue weighted by Gasteiger charge is -2.25. The van der Waals surface area contributed by atoms with Gasteiger partial charge in [0.1, 0.15) is 5.82 Å². The fourth-order valence-corrected chi connectivity index (χ4v) is 8.59. The molecule has 0 atom stereocenters. The lowest BCUT2D eigenvalue weighted by Crippen LogP contribution is -2.26. The van der Waals surface area contributed by atoms with Crippen molar-refractivity contribution in [1.82, 2.24) is 14.1 Å². The molecule has 3 heterocycles. The SMILES string of the molecule is C[n+]1[c-]n(-c2cccc(-c3cccc4c3-c3cc5c(cc3-c3ccccc3-c3ccccc3-4)c3ccccc3n5-c3ccccn3)c2)c2ccccc21. The van der Waals surface area contributed by atoms with Crippen molar-refractivity contribution in [2.45, 2.75) is 0 Å². The second kappa shape index (κ2) is 11.5. The third-order valence-corrected chi connectivity index (χ3v) is 10.9. The molecule has 0 spiro atoms. The zero-order valence-corrected chi connectivity index (χ0v) is 29.0. The first kappa shape index (κ1) is 29.7. The molecule has 53 heavy (non-hydrogen) atoms. The largest absolute Gasteiger partial charge is 0.319 e. The first-order chi connectivity index (χ1) is 26.2. The molecule has 3 aromatic heterocycles. The number of para-hydroxylation sites is 3. The van der Waals surface area contributed by atoms with Crippen molar-refractivity contribution in [3.05, 3.63) is 182 Å². The van der Waals surface area contributed by atoms with E-state index >= 15 is 0 Å². The Bertz CT molecular complexity index is 3070. The summed E-state index contributed by atoms with van der Waals surface area (Å²) >= 11 is 0. The Morgan fingerprint density at radius 2 is 1.11 bits per heavy atom. The molecule has 4 heteroatoms. The minimum atomic E-state index is 0.903. The van der Waals surface area contributed by atoms with Crippen LogP contribution in [0.4, 0.5) is 0 Å². The van der Waals surface area contributed by atoms with Crippen LogP contribution < -0.4 is 4.57 Å². The molecule has 0 radical (unpaired) electrons. The maximum absolute atomic E-state index is 4.86. The molecule has 1 aliphatic carbocycles. The van der Waals surface area contributed by atoms with Crippen LogP contribution in [0.15, 0.2) is 176 Å². The quantitative estimate of drug-likeness (QED) is 0.135. The van der Waals surface area contributed by atoms with E-state index in [-0.39, 0.29) is 0 Å². The van der Waals surface area contributed by atoms with Gasteiger partial charge in [-0.15, -0.1) is 0 Å². The van der Waals surface area contributed by atoms with Gasteiger partial charge < -0.3 is 9.13 Å². The Morgan fingerprint density at radius 1 is 0.472 bits per heavy atom. The lowest BCUT2D eigenvalue weighted by molar-refractivity contribution is -0.649. The second-order valence-corrected chi connectivity index (χ2v) is 13.8. The lowest BCUT2D eigenvalue weighted by atomic mass is 9.78. The molecule has 0 bridgehead atoms. The predicted molar refractivity (Wildman–Crippen MR) is 216 cm³/mol. The molecule has 0 fully saturated rings. The minimum absolute atomic E-state index is 0.903. The van der Waals surface area contributed by atoms with Gasteiger partial charge >= 0.3 is 0 Å². The zero-order valence-electron chi connectivity index (χ0n) is 29.0. The van der Waals surface area contributed by atoms with Crippen LogP contribution in [0.2, 0.25) is 0 Å². The standard InChI is InChI=1S/C49H32N4/c1-51-31-52(46-25-9-8-24-45(46)51)33-15-12-14-32(28-33)34-21-13-22-40-37-18-4-2-16-35(37)36-17-3-5-19-38(36)41-29-42-39-20-6-7-23-44(39)53(48-26-10-11-27-50-48)47(42)30-43(41)49(34)40/h2-30H,1H3. The molecule has 10 aromatic rings. The highest BCUT2D eigenvalue weighted by atomic mass is 15.1. The molecular weight excluding hydrogens is 645 g/mol. The summed E-state index contributed by atoms with van der Waals surface area (Å²) in [6.45, 7) is 0. The maximum Gasteiger partial charge on any atom is 0.244 e. The minimum Gasteiger partial charge on any atom is -0.319 e. The fourth-order valence-electron chi connectivity index (χ4n) is 8.59. The van der Waals surface area contributed by atoms with Crippen molar-refractivity contribution in [3.8, 4) is 67.1 Å². The number of hydrogen-bond acceptors (Lipinski definition) is 1. The second-order valence-electron chi connectivity index (χ2n) is 13.8. The van der Waals surface area contributed by atoms with Gasteiger partial charge in [0.05, 0.1) is 34.8 Å². The van der Waals surface area contributed by atoms with Gasteiger partial charge in [0, 0.05) is 17.0 Å². The number of fused-ring (bicyclic) bond motifs is 12. The van der Waals surface area contributed by atoms with Crippen molar-refractivity contribution < 1.29 is 4.57 Å². The van der Waals surface area contributed by atoms with E-state index in [4.69, 9.17) is 4.98 Å². The Balaban J connectivity index is 1.27. The normalized spacial score (nSPS) is 11.9. The van der Waals surface area contributed by atoms with E-state index in [9.17, 15) is 0 Å². The average Bonchev–Trinajstić information content (AvgIpc) is 3.74. The summed E-state index contributed by atoms with van der Waals surface area (Å²) in [5, 5.41) is 2.41. The molecule has 0 aliphatic heterocycles. The predicted octanol–water partition coefficient (Wildman–Crippen LogP) is 11.4. The van der Waals surface area contributed by atoms with Gasteiger partial charge in [-0.1, -0.05) is 133 Å². The first-order valence-electron chi connectivity index (χ1n) is 18.0. The maximum atomic E-state index is 4.86. The van der Waals surface area contributed by atoms with E-state index in [1.54, 1.807) is 0 Å². The highest BCUT2D eigenvalue weighted by Gasteiger charge is 2.26. The van der Waals surface area contributed by atoms with E-state index in [0.717, 1.165) is 39.1 Å². The van der Waals surface area contributed by atoms with Gasteiger partial charge in [-0.2, -0.15) is 0 Å². The Labute approximate surface area is 307 Å². The number of nitrogens with zero attached hydrogens (tertiary/aromatic N) is 4. The third kappa shape index (κ3) is 4.42. The number of rotatable bonds is 3. The van der Waals surface area contributed by atoms with Crippen LogP contribution in [0.1, 0.15) is 0 Å². The number of hydrogen-bond donors (Lipinski definition) is 0. The van der Waals surface area contributed by atoms with Crippen LogP contribution in [0.25, 0.3) is 100.0 Å². The zero-order chi connectivity index (χ0) is 35.0. The average molecular weight is 677 g/mol. The van der Waals surface area contributed by atoms with Crippen molar-refractivity contribution in [2.24, 2.45) is 7.05 Å². The van der Waals surface area contributed by atoms with Crippen LogP contribution in [-0.4, -0.2) is 14.1 Å². The number of benzene rings is 7. The third-order valence-electron chi connectivity index (χ3n) is 10.9. The first-order valence-corrected chi connectivity index (χ1v) is 18.0. The Hall–Kier alpha value is -7.04. The van der Waals surface area contributed by atoms with Gasteiger partial charge in [0.2, 0.25) is 6.33 Å². The van der Waals surface area contributed by atoms with Crippen LogP contribution in [0.3, 0.4) is 0 Å². The molecule has 4 nitrogen and oxygen atoms in total. The molecule has 0 N–H and O–H groups in total. The number of imidazole rings is 1. The summed E-state index contributed by atoms with van der Waals surface area (Å²) < 4.78 is 6.55. The van der Waals surface area contributed by atoms with Crippen molar-refractivity contribution in [2.75, 3.05) is 0 Å². The van der Waals surface area contributed by atoms with E-state index in [1.807, 2.05) is 12.3 Å². The summed E-state index contributed by atoms with van der Waals surface area (Å²) in [5.41, 5.74) is 17.7. The molecule has 0 unspecified atom stereocenters. The van der Waals surface area contributed by atoms with Gasteiger partial charge in [-0.25, -0.2) is 4.98 Å². The highest BCUT2D eigenvalue weighted by Crippen LogP contribution is 2.52. The number of aryl methyl sites for hydroxylation is 1. The molecule has 11 rings (SSSR count). The molecule has 0 saturated carbocycles. The van der Waals surface area contributed by atoms with Crippen molar-refractivity contribution >= 4 is 32.8 Å². The van der Waals surface area contributed by atoms with Gasteiger partial charge in [0.15, 0.2) is 0 Å². The summed E-state index contributed by atoms with van der Waals surface area (Å²) in [5.74, 6) is 0.903. The molecular formula is C49H32N4. The van der Waals surface area contributed by atoms with Gasteiger partial charge in [-0.3, -0.25) is 4.57 Å². The van der Waals surface area contributed by atoms with Crippen LogP contribution in [0, 0.1) is 6.33 Å². The van der Waals surface area contributed by atoms with Gasteiger partial charge in [0.25, 0.3) is 0 Å². The molecule has 7 aromatic carbocycles. The summed E-state index contributed by atoms with van der Waals surface area (Å²) in [6.07, 6.45) is 5.42. The Kier molecular flexibility index (Phi) is 6.43. The summed E-state index contributed by atoms with van der Waals surface area (Å²) in [4.78, 5) is 4.86. The van der Waals surface area contributed by atoms with Gasteiger partial charge in [-0.05, 0) is 92.0 Å². The smallest absolute Gasteiger partial charge is 0.244 e. The topological polar surface area (TPSA) is 26.6 Å².